The zero-order valence-electron chi connectivity index (χ0n) is 18.1. The quantitative estimate of drug-likeness (QED) is 0.819. The van der Waals surface area contributed by atoms with Crippen LogP contribution in [0.1, 0.15) is 49.1 Å². The summed E-state index contributed by atoms with van der Waals surface area (Å²) in [5.74, 6) is 1.52. The predicted molar refractivity (Wildman–Crippen MR) is 110 cm³/mol. The molecule has 2 aromatic rings. The fourth-order valence-corrected chi connectivity index (χ4v) is 3.66. The van der Waals surface area contributed by atoms with Crippen LogP contribution in [0.25, 0.3) is 11.6 Å². The van der Waals surface area contributed by atoms with Crippen molar-refractivity contribution in [2.75, 3.05) is 20.6 Å². The van der Waals surface area contributed by atoms with Crippen molar-refractivity contribution in [2.45, 2.75) is 53.2 Å². The normalized spacial score (nSPS) is 16.1. The second kappa shape index (κ2) is 8.02. The van der Waals surface area contributed by atoms with E-state index in [-0.39, 0.29) is 11.8 Å². The summed E-state index contributed by atoms with van der Waals surface area (Å²) in [6, 6.07) is 3.10. The van der Waals surface area contributed by atoms with Gasteiger partial charge in [-0.3, -0.25) is 9.59 Å². The Labute approximate surface area is 171 Å². The van der Waals surface area contributed by atoms with Gasteiger partial charge in [-0.25, -0.2) is 4.98 Å². The fourth-order valence-electron chi connectivity index (χ4n) is 3.66. The van der Waals surface area contributed by atoms with Gasteiger partial charge in [0, 0.05) is 20.1 Å². The highest BCUT2D eigenvalue weighted by atomic mass is 16.3. The molecule has 1 atom stereocenters. The molecule has 0 radical (unpaired) electrons. The van der Waals surface area contributed by atoms with E-state index in [0.717, 1.165) is 31.0 Å². The number of carbonyl (C=O) groups excluding carboxylic acids is 2. The monoisotopic (exact) mass is 401 g/mol. The highest BCUT2D eigenvalue weighted by molar-refractivity contribution is 5.97. The van der Waals surface area contributed by atoms with Gasteiger partial charge in [0.2, 0.25) is 5.91 Å². The molecule has 0 saturated carbocycles. The van der Waals surface area contributed by atoms with Gasteiger partial charge in [0.05, 0.1) is 5.69 Å². The van der Waals surface area contributed by atoms with Crippen molar-refractivity contribution in [3.05, 3.63) is 29.3 Å². The molecule has 2 amide bonds. The third-order valence-corrected chi connectivity index (χ3v) is 5.24. The second-order valence-corrected chi connectivity index (χ2v) is 8.77. The molecule has 3 heterocycles. The average molecular weight is 402 g/mol. The Morgan fingerprint density at radius 2 is 1.97 bits per heavy atom. The third-order valence-electron chi connectivity index (χ3n) is 5.24. The number of carbonyl (C=O) groups is 2. The van der Waals surface area contributed by atoms with Gasteiger partial charge in [0.1, 0.15) is 11.8 Å². The van der Waals surface area contributed by atoms with Gasteiger partial charge in [0.15, 0.2) is 17.3 Å². The molecule has 29 heavy (non-hydrogen) atoms. The molecule has 2 aromatic heterocycles. The maximum absolute atomic E-state index is 13.2. The fraction of sp³-hybridized carbons (Fsp3) is 0.571. The van der Waals surface area contributed by atoms with Crippen LogP contribution in [0.4, 0.5) is 0 Å². The van der Waals surface area contributed by atoms with E-state index in [1.54, 1.807) is 7.05 Å². The van der Waals surface area contributed by atoms with Gasteiger partial charge in [-0.2, -0.15) is 0 Å². The lowest BCUT2D eigenvalue weighted by Crippen LogP contribution is -2.53. The minimum Gasteiger partial charge on any atom is -0.458 e. The highest BCUT2D eigenvalue weighted by Gasteiger charge is 2.34. The number of nitrogens with one attached hydrogen (secondary N) is 2. The molecule has 0 aromatic carbocycles. The number of aryl methyl sites for hydroxylation is 1. The Hall–Kier alpha value is -2.61. The van der Waals surface area contributed by atoms with Crippen molar-refractivity contribution < 1.29 is 14.0 Å². The minimum absolute atomic E-state index is 0.227. The summed E-state index contributed by atoms with van der Waals surface area (Å²) in [5.41, 5.74) is 0.751. The molecule has 0 saturated heterocycles. The largest absolute Gasteiger partial charge is 0.458 e. The van der Waals surface area contributed by atoms with Crippen LogP contribution in [-0.2, 0) is 17.9 Å². The van der Waals surface area contributed by atoms with E-state index in [2.05, 4.69) is 25.1 Å². The number of nitrogens with zero attached hydrogens (tertiary/aromatic N) is 3. The van der Waals surface area contributed by atoms with Crippen LogP contribution in [0.3, 0.4) is 0 Å². The van der Waals surface area contributed by atoms with E-state index in [1.807, 2.05) is 46.9 Å². The lowest BCUT2D eigenvalue weighted by molar-refractivity contribution is -0.124. The number of rotatable bonds is 4. The van der Waals surface area contributed by atoms with Crippen molar-refractivity contribution in [3.8, 4) is 11.6 Å². The van der Waals surface area contributed by atoms with Crippen LogP contribution in [-0.4, -0.2) is 52.9 Å². The molecule has 2 N–H and O–H groups in total. The molecular formula is C21H31N5O3. The molecule has 0 bridgehead atoms. The number of imidazole rings is 1. The third kappa shape index (κ3) is 4.37. The minimum atomic E-state index is -0.671. The number of amides is 2. The van der Waals surface area contributed by atoms with Crippen molar-refractivity contribution >= 4 is 11.8 Å². The molecule has 8 heteroatoms. The Morgan fingerprint density at radius 3 is 2.55 bits per heavy atom. The summed E-state index contributed by atoms with van der Waals surface area (Å²) in [6.07, 6.45) is 0.955. The van der Waals surface area contributed by atoms with Gasteiger partial charge in [-0.05, 0) is 44.5 Å². The highest BCUT2D eigenvalue weighted by Crippen LogP contribution is 2.28. The molecule has 0 aliphatic carbocycles. The lowest BCUT2D eigenvalue weighted by atomic mass is 9.86. The number of hydrogen-bond donors (Lipinski definition) is 2. The molecule has 1 unspecified atom stereocenters. The Bertz CT molecular complexity index is 906. The Balaban J connectivity index is 2.03. The Kier molecular flexibility index (Phi) is 5.84. The number of hydrogen-bond acceptors (Lipinski definition) is 5. The first kappa shape index (κ1) is 21.1. The maximum atomic E-state index is 13.2. The van der Waals surface area contributed by atoms with E-state index < -0.39 is 11.5 Å². The van der Waals surface area contributed by atoms with Crippen LogP contribution in [0.5, 0.6) is 0 Å². The van der Waals surface area contributed by atoms with E-state index in [1.165, 1.54) is 0 Å². The van der Waals surface area contributed by atoms with Gasteiger partial charge in [0.25, 0.3) is 5.91 Å². The second-order valence-electron chi connectivity index (χ2n) is 8.77. The number of furan rings is 1. The number of likely N-dealkylation sites (N-methyl/N-ethyl adjacent to an activating group) is 1. The first-order valence-corrected chi connectivity index (χ1v) is 9.99. The molecule has 1 aliphatic heterocycles. The van der Waals surface area contributed by atoms with Crippen LogP contribution in [0, 0.1) is 12.3 Å². The standard InChI is InChI=1S/C21H31N5O3/c1-13-8-9-15(29-13)18-23-16(14-12-25(6)10-7-11-26(14)18)19(27)24-17(20(28)22-5)21(2,3)4/h8-9,17H,7,10-12H2,1-6H3,(H,22,28)(H,24,27). The van der Waals surface area contributed by atoms with Crippen LogP contribution < -0.4 is 10.6 Å². The lowest BCUT2D eigenvalue weighted by Gasteiger charge is -2.29. The maximum Gasteiger partial charge on any atom is 0.272 e. The van der Waals surface area contributed by atoms with Crippen LogP contribution >= 0.6 is 0 Å². The molecule has 3 rings (SSSR count). The zero-order valence-corrected chi connectivity index (χ0v) is 18.1. The van der Waals surface area contributed by atoms with Gasteiger partial charge in [-0.15, -0.1) is 0 Å². The summed E-state index contributed by atoms with van der Waals surface area (Å²) in [6.45, 7) is 9.95. The zero-order chi connectivity index (χ0) is 21.3. The number of aromatic nitrogens is 2. The van der Waals surface area contributed by atoms with E-state index in [4.69, 9.17) is 4.42 Å². The van der Waals surface area contributed by atoms with E-state index in [9.17, 15) is 9.59 Å². The molecule has 158 valence electrons. The summed E-state index contributed by atoms with van der Waals surface area (Å²) in [7, 11) is 3.60. The first-order chi connectivity index (χ1) is 13.6. The molecular weight excluding hydrogens is 370 g/mol. The summed E-state index contributed by atoms with van der Waals surface area (Å²) < 4.78 is 7.87. The van der Waals surface area contributed by atoms with Gasteiger partial charge in [-0.1, -0.05) is 20.8 Å². The van der Waals surface area contributed by atoms with Crippen molar-refractivity contribution in [3.63, 3.8) is 0 Å². The van der Waals surface area contributed by atoms with Crippen molar-refractivity contribution in [1.82, 2.24) is 25.1 Å². The first-order valence-electron chi connectivity index (χ1n) is 9.99. The smallest absolute Gasteiger partial charge is 0.272 e. The van der Waals surface area contributed by atoms with E-state index in [0.29, 0.717) is 23.8 Å². The molecule has 1 aliphatic rings. The van der Waals surface area contributed by atoms with Gasteiger partial charge < -0.3 is 24.5 Å². The predicted octanol–water partition coefficient (Wildman–Crippen LogP) is 2.18. The molecule has 8 nitrogen and oxygen atoms in total. The average Bonchev–Trinajstić information content (AvgIpc) is 3.16. The van der Waals surface area contributed by atoms with Crippen molar-refractivity contribution in [1.29, 1.82) is 0 Å². The van der Waals surface area contributed by atoms with E-state index >= 15 is 0 Å². The molecule has 0 spiro atoms. The summed E-state index contributed by atoms with van der Waals surface area (Å²) >= 11 is 0. The van der Waals surface area contributed by atoms with Crippen LogP contribution in [0.2, 0.25) is 0 Å². The van der Waals surface area contributed by atoms with Gasteiger partial charge >= 0.3 is 0 Å². The van der Waals surface area contributed by atoms with Crippen LogP contribution in [0.15, 0.2) is 16.5 Å². The molecule has 0 fully saturated rings. The summed E-state index contributed by atoms with van der Waals surface area (Å²) in [4.78, 5) is 32.5. The van der Waals surface area contributed by atoms with Crippen molar-refractivity contribution in [2.24, 2.45) is 5.41 Å². The summed E-state index contributed by atoms with van der Waals surface area (Å²) in [5, 5.41) is 5.54. The topological polar surface area (TPSA) is 92.4 Å². The SMILES string of the molecule is CNC(=O)C(NC(=O)c1nc(-c2ccc(C)o2)n2c1CN(C)CCC2)C(C)(C)C. The number of fused-ring (bicyclic) bond motifs is 1. The Morgan fingerprint density at radius 1 is 1.24 bits per heavy atom.